The highest BCUT2D eigenvalue weighted by Gasteiger charge is 2.16. The van der Waals surface area contributed by atoms with Gasteiger partial charge in [-0.25, -0.2) is 0 Å². The maximum Gasteiger partial charge on any atom is 0.275 e. The summed E-state index contributed by atoms with van der Waals surface area (Å²) in [5, 5.41) is 31.9. The predicted octanol–water partition coefficient (Wildman–Crippen LogP) is 1.25. The van der Waals surface area contributed by atoms with E-state index >= 15 is 0 Å². The van der Waals surface area contributed by atoms with E-state index in [0.717, 1.165) is 0 Å². The largest absolute Gasteiger partial charge is 0.394 e. The molecule has 0 heterocycles. The molecule has 0 saturated heterocycles. The van der Waals surface area contributed by atoms with Crippen LogP contribution in [0.25, 0.3) is 0 Å². The molecule has 6 nitrogen and oxygen atoms in total. The van der Waals surface area contributed by atoms with E-state index in [2.05, 4.69) is 21.2 Å². The molecular formula is C10H13BrN2O4. The molecule has 1 rings (SSSR count). The summed E-state index contributed by atoms with van der Waals surface area (Å²) in [6.07, 6.45) is -0.891. The van der Waals surface area contributed by atoms with Crippen LogP contribution in [0.2, 0.25) is 0 Å². The summed E-state index contributed by atoms with van der Waals surface area (Å²) >= 11 is 3.20. The van der Waals surface area contributed by atoms with Crippen molar-refractivity contribution in [1.29, 1.82) is 0 Å². The van der Waals surface area contributed by atoms with Crippen molar-refractivity contribution in [3.05, 3.63) is 33.9 Å². The van der Waals surface area contributed by atoms with Gasteiger partial charge in [-0.2, -0.15) is 0 Å². The van der Waals surface area contributed by atoms with Crippen molar-refractivity contribution in [1.82, 2.24) is 0 Å². The molecule has 1 atom stereocenters. The number of nitro benzene ring substituents is 1. The molecule has 0 aliphatic heterocycles. The van der Waals surface area contributed by atoms with Gasteiger partial charge in [-0.3, -0.25) is 10.1 Å². The van der Waals surface area contributed by atoms with Gasteiger partial charge >= 0.3 is 0 Å². The molecule has 17 heavy (non-hydrogen) atoms. The van der Waals surface area contributed by atoms with Gasteiger partial charge in [0.25, 0.3) is 5.69 Å². The molecule has 0 bridgehead atoms. The zero-order chi connectivity index (χ0) is 12.8. The van der Waals surface area contributed by atoms with Crippen LogP contribution in [0.15, 0.2) is 18.2 Å². The summed E-state index contributed by atoms with van der Waals surface area (Å²) in [5.41, 5.74) is 1.11. The third-order valence-electron chi connectivity index (χ3n) is 2.22. The Morgan fingerprint density at radius 2 is 2.24 bits per heavy atom. The van der Waals surface area contributed by atoms with E-state index in [4.69, 9.17) is 5.11 Å². The highest BCUT2D eigenvalue weighted by molar-refractivity contribution is 9.08. The minimum atomic E-state index is -0.891. The number of nitro groups is 1. The third-order valence-corrected chi connectivity index (χ3v) is 2.78. The van der Waals surface area contributed by atoms with Gasteiger partial charge in [-0.1, -0.05) is 22.0 Å². The molecule has 0 aliphatic carbocycles. The Morgan fingerprint density at radius 1 is 1.53 bits per heavy atom. The van der Waals surface area contributed by atoms with Gasteiger partial charge in [-0.05, 0) is 6.07 Å². The lowest BCUT2D eigenvalue weighted by atomic mass is 10.1. The standard InChI is InChI=1S/C10H13BrN2O4/c11-4-8-9(12-5-7(15)6-14)2-1-3-10(8)13(16)17/h1-3,7,12,14-15H,4-6H2. The molecule has 0 fully saturated rings. The number of anilines is 1. The van der Waals surface area contributed by atoms with Crippen molar-refractivity contribution < 1.29 is 15.1 Å². The molecule has 3 N–H and O–H groups in total. The minimum absolute atomic E-state index is 0.0189. The van der Waals surface area contributed by atoms with Gasteiger partial charge in [-0.15, -0.1) is 0 Å². The van der Waals surface area contributed by atoms with Gasteiger partial charge in [0, 0.05) is 23.6 Å². The lowest BCUT2D eigenvalue weighted by Crippen LogP contribution is -2.23. The zero-order valence-electron chi connectivity index (χ0n) is 8.97. The number of benzene rings is 1. The molecule has 0 aromatic heterocycles. The zero-order valence-corrected chi connectivity index (χ0v) is 10.6. The molecule has 0 radical (unpaired) electrons. The lowest BCUT2D eigenvalue weighted by molar-refractivity contribution is -0.385. The topological polar surface area (TPSA) is 95.6 Å². The molecule has 7 heteroatoms. The number of hydrogen-bond acceptors (Lipinski definition) is 5. The number of nitrogens with one attached hydrogen (secondary N) is 1. The van der Waals surface area contributed by atoms with Gasteiger partial charge in [0.1, 0.15) is 0 Å². The lowest BCUT2D eigenvalue weighted by Gasteiger charge is -2.13. The maximum absolute atomic E-state index is 10.8. The fraction of sp³-hybridized carbons (Fsp3) is 0.400. The van der Waals surface area contributed by atoms with Crippen molar-refractivity contribution in [2.45, 2.75) is 11.4 Å². The smallest absolute Gasteiger partial charge is 0.275 e. The summed E-state index contributed by atoms with van der Waals surface area (Å²) in [4.78, 5) is 10.3. The van der Waals surface area contributed by atoms with Crippen LogP contribution in [-0.4, -0.2) is 34.4 Å². The average Bonchev–Trinajstić information content (AvgIpc) is 2.34. The Balaban J connectivity index is 2.91. The number of rotatable bonds is 6. The molecule has 0 amide bonds. The summed E-state index contributed by atoms with van der Waals surface area (Å²) in [7, 11) is 0. The van der Waals surface area contributed by atoms with E-state index in [1.807, 2.05) is 0 Å². The Morgan fingerprint density at radius 3 is 2.76 bits per heavy atom. The first kappa shape index (κ1) is 13.9. The summed E-state index contributed by atoms with van der Waals surface area (Å²) in [6, 6.07) is 4.68. The fourth-order valence-electron chi connectivity index (χ4n) is 1.34. The highest BCUT2D eigenvalue weighted by atomic mass is 79.9. The summed E-state index contributed by atoms with van der Waals surface area (Å²) in [5.74, 6) is 0. The first-order valence-corrected chi connectivity index (χ1v) is 6.07. The van der Waals surface area contributed by atoms with Crippen LogP contribution in [0.5, 0.6) is 0 Å². The predicted molar refractivity (Wildman–Crippen MR) is 67.3 cm³/mol. The van der Waals surface area contributed by atoms with E-state index in [1.165, 1.54) is 6.07 Å². The van der Waals surface area contributed by atoms with Crippen molar-refractivity contribution in [3.8, 4) is 0 Å². The maximum atomic E-state index is 10.8. The highest BCUT2D eigenvalue weighted by Crippen LogP contribution is 2.28. The van der Waals surface area contributed by atoms with Crippen LogP contribution in [0.3, 0.4) is 0 Å². The van der Waals surface area contributed by atoms with E-state index in [1.54, 1.807) is 12.1 Å². The number of aliphatic hydroxyl groups is 2. The molecule has 0 spiro atoms. The molecule has 1 aromatic rings. The quantitative estimate of drug-likeness (QED) is 0.418. The van der Waals surface area contributed by atoms with Gasteiger partial charge in [0.15, 0.2) is 0 Å². The van der Waals surface area contributed by atoms with Gasteiger partial charge in [0.2, 0.25) is 0 Å². The average molecular weight is 305 g/mol. The minimum Gasteiger partial charge on any atom is -0.394 e. The SMILES string of the molecule is O=[N+]([O-])c1cccc(NCC(O)CO)c1CBr. The number of aliphatic hydroxyl groups excluding tert-OH is 2. The molecule has 0 aliphatic rings. The van der Waals surface area contributed by atoms with E-state index < -0.39 is 11.0 Å². The van der Waals surface area contributed by atoms with Crippen LogP contribution in [0.4, 0.5) is 11.4 Å². The molecule has 1 aromatic carbocycles. The first-order valence-electron chi connectivity index (χ1n) is 4.95. The van der Waals surface area contributed by atoms with Crippen LogP contribution in [-0.2, 0) is 5.33 Å². The Hall–Kier alpha value is -1.18. The van der Waals surface area contributed by atoms with Crippen molar-refractivity contribution >= 4 is 27.3 Å². The van der Waals surface area contributed by atoms with Crippen LogP contribution in [0.1, 0.15) is 5.56 Å². The van der Waals surface area contributed by atoms with E-state index in [9.17, 15) is 15.2 Å². The van der Waals surface area contributed by atoms with Gasteiger partial charge in [0.05, 0.1) is 23.2 Å². The molecular weight excluding hydrogens is 292 g/mol. The van der Waals surface area contributed by atoms with E-state index in [-0.39, 0.29) is 18.8 Å². The Bertz CT molecular complexity index is 400. The van der Waals surface area contributed by atoms with Crippen LogP contribution >= 0.6 is 15.9 Å². The normalized spacial score (nSPS) is 12.2. The van der Waals surface area contributed by atoms with E-state index in [0.29, 0.717) is 16.6 Å². The van der Waals surface area contributed by atoms with Gasteiger partial charge < -0.3 is 15.5 Å². The monoisotopic (exact) mass is 304 g/mol. The number of nitrogens with zero attached hydrogens (tertiary/aromatic N) is 1. The second-order valence-corrected chi connectivity index (χ2v) is 3.97. The Labute approximate surface area is 107 Å². The number of hydrogen-bond donors (Lipinski definition) is 3. The fourth-order valence-corrected chi connectivity index (χ4v) is 1.93. The van der Waals surface area contributed by atoms with Crippen LogP contribution in [0, 0.1) is 10.1 Å². The second kappa shape index (κ2) is 6.53. The molecule has 1 unspecified atom stereocenters. The van der Waals surface area contributed by atoms with Crippen molar-refractivity contribution in [2.75, 3.05) is 18.5 Å². The third kappa shape index (κ3) is 3.65. The summed E-state index contributed by atoms with van der Waals surface area (Å²) < 4.78 is 0. The first-order chi connectivity index (χ1) is 8.10. The molecule has 94 valence electrons. The number of alkyl halides is 1. The van der Waals surface area contributed by atoms with Crippen molar-refractivity contribution in [3.63, 3.8) is 0 Å². The number of halogens is 1. The second-order valence-electron chi connectivity index (χ2n) is 3.41. The Kier molecular flexibility index (Phi) is 5.33. The summed E-state index contributed by atoms with van der Waals surface area (Å²) in [6.45, 7) is -0.219. The molecule has 0 saturated carbocycles. The van der Waals surface area contributed by atoms with Crippen LogP contribution < -0.4 is 5.32 Å². The van der Waals surface area contributed by atoms with Crippen molar-refractivity contribution in [2.24, 2.45) is 0 Å².